The van der Waals surface area contributed by atoms with Gasteiger partial charge in [-0.25, -0.2) is 17.7 Å². The number of aromatic nitrogens is 4. The molecule has 1 aliphatic heterocycles. The quantitative estimate of drug-likeness (QED) is 0.676. The van der Waals surface area contributed by atoms with E-state index in [0.29, 0.717) is 31.3 Å². The lowest BCUT2D eigenvalue weighted by atomic mass is 10.00. The number of hydrogen-bond acceptors (Lipinski definition) is 6. The zero-order chi connectivity index (χ0) is 18.1. The molecule has 0 unspecified atom stereocenters. The molecule has 0 amide bonds. The summed E-state index contributed by atoms with van der Waals surface area (Å²) in [4.78, 5) is 8.57. The third-order valence-electron chi connectivity index (χ3n) is 4.79. The first-order chi connectivity index (χ1) is 12.5. The smallest absolute Gasteiger partial charge is 0.231 e. The summed E-state index contributed by atoms with van der Waals surface area (Å²) in [6.45, 7) is 3.08. The monoisotopic (exact) mass is 375 g/mol. The van der Waals surface area contributed by atoms with Crippen LogP contribution < -0.4 is 0 Å². The number of sulfonamides is 1. The Balaban J connectivity index is 1.46. The molecule has 0 radical (unpaired) electrons. The highest BCUT2D eigenvalue weighted by molar-refractivity contribution is 7.89. The van der Waals surface area contributed by atoms with Crippen LogP contribution in [0.15, 0.2) is 35.1 Å². The van der Waals surface area contributed by atoms with Crippen LogP contribution in [0.1, 0.15) is 30.5 Å². The van der Waals surface area contributed by atoms with Crippen LogP contribution in [0.25, 0.3) is 11.0 Å². The van der Waals surface area contributed by atoms with E-state index in [0.717, 1.165) is 23.9 Å². The fourth-order valence-electron chi connectivity index (χ4n) is 3.41. The van der Waals surface area contributed by atoms with Crippen LogP contribution in [-0.2, 0) is 16.6 Å². The third-order valence-corrected chi connectivity index (χ3v) is 6.60. The summed E-state index contributed by atoms with van der Waals surface area (Å²) in [7, 11) is -3.37. The molecule has 8 nitrogen and oxygen atoms in total. The molecule has 1 atom stereocenters. The van der Waals surface area contributed by atoms with E-state index < -0.39 is 10.0 Å². The molecule has 0 aliphatic carbocycles. The van der Waals surface area contributed by atoms with Crippen molar-refractivity contribution >= 4 is 21.1 Å². The molecule has 1 fully saturated rings. The summed E-state index contributed by atoms with van der Waals surface area (Å²) in [5.41, 5.74) is 1.82. The molecular weight excluding hydrogens is 354 g/mol. The minimum atomic E-state index is -3.37. The molecule has 26 heavy (non-hydrogen) atoms. The van der Waals surface area contributed by atoms with Crippen LogP contribution in [0.3, 0.4) is 0 Å². The van der Waals surface area contributed by atoms with Crippen molar-refractivity contribution < 1.29 is 12.9 Å². The average molecular weight is 375 g/mol. The van der Waals surface area contributed by atoms with Crippen molar-refractivity contribution in [1.82, 2.24) is 24.0 Å². The van der Waals surface area contributed by atoms with Gasteiger partial charge in [0.05, 0.1) is 29.0 Å². The topological polar surface area (TPSA) is 94.1 Å². The van der Waals surface area contributed by atoms with E-state index in [9.17, 15) is 8.42 Å². The van der Waals surface area contributed by atoms with Crippen LogP contribution in [0, 0.1) is 6.92 Å². The molecule has 1 aromatic carbocycles. The summed E-state index contributed by atoms with van der Waals surface area (Å²) in [6.07, 6.45) is 3.35. The number of fused-ring (bicyclic) bond motifs is 1. The number of aryl methyl sites for hydroxylation is 2. The summed E-state index contributed by atoms with van der Waals surface area (Å²) >= 11 is 0. The fourth-order valence-corrected chi connectivity index (χ4v) is 4.91. The third kappa shape index (κ3) is 3.36. The molecule has 3 heterocycles. The van der Waals surface area contributed by atoms with Crippen molar-refractivity contribution in [3.63, 3.8) is 0 Å². The van der Waals surface area contributed by atoms with E-state index >= 15 is 0 Å². The molecule has 2 aromatic heterocycles. The van der Waals surface area contributed by atoms with Crippen molar-refractivity contribution in [2.75, 3.05) is 18.8 Å². The van der Waals surface area contributed by atoms with Gasteiger partial charge in [0.1, 0.15) is 0 Å². The van der Waals surface area contributed by atoms with Gasteiger partial charge in [0.15, 0.2) is 5.82 Å². The number of hydrogen-bond donors (Lipinski definition) is 0. The first kappa shape index (κ1) is 17.2. The van der Waals surface area contributed by atoms with E-state index in [-0.39, 0.29) is 11.7 Å². The lowest BCUT2D eigenvalue weighted by Gasteiger charge is -2.30. The number of para-hydroxylation sites is 2. The normalized spacial score (nSPS) is 19.2. The summed E-state index contributed by atoms with van der Waals surface area (Å²) < 4.78 is 34.3. The van der Waals surface area contributed by atoms with E-state index in [4.69, 9.17) is 4.52 Å². The Labute approximate surface area is 151 Å². The minimum Gasteiger partial charge on any atom is -0.339 e. The predicted molar refractivity (Wildman–Crippen MR) is 96.1 cm³/mol. The Kier molecular flexibility index (Phi) is 4.49. The zero-order valence-electron chi connectivity index (χ0n) is 14.6. The second-order valence-corrected chi connectivity index (χ2v) is 8.71. The summed E-state index contributed by atoms with van der Waals surface area (Å²) in [5, 5.41) is 3.81. The van der Waals surface area contributed by atoms with Gasteiger partial charge in [-0.15, -0.1) is 0 Å². The summed E-state index contributed by atoms with van der Waals surface area (Å²) in [5.74, 6) is 1.12. The van der Waals surface area contributed by atoms with Crippen molar-refractivity contribution in [3.05, 3.63) is 42.3 Å². The molecule has 0 N–H and O–H groups in total. The second kappa shape index (κ2) is 6.81. The highest BCUT2D eigenvalue weighted by Crippen LogP contribution is 2.27. The molecule has 1 saturated heterocycles. The first-order valence-electron chi connectivity index (χ1n) is 8.71. The van der Waals surface area contributed by atoms with Gasteiger partial charge in [0.25, 0.3) is 0 Å². The Morgan fingerprint density at radius 1 is 1.31 bits per heavy atom. The molecule has 138 valence electrons. The van der Waals surface area contributed by atoms with Crippen LogP contribution in [-0.4, -0.2) is 51.3 Å². The maximum absolute atomic E-state index is 12.8. The lowest BCUT2D eigenvalue weighted by molar-refractivity contribution is 0.265. The predicted octanol–water partition coefficient (Wildman–Crippen LogP) is 1.94. The molecule has 1 aliphatic rings. The van der Waals surface area contributed by atoms with Gasteiger partial charge in [0, 0.05) is 19.6 Å². The van der Waals surface area contributed by atoms with Crippen LogP contribution in [0.4, 0.5) is 0 Å². The molecule has 4 rings (SSSR count). The number of piperidine rings is 1. The number of imidazole rings is 1. The van der Waals surface area contributed by atoms with E-state index in [1.165, 1.54) is 0 Å². The van der Waals surface area contributed by atoms with Gasteiger partial charge < -0.3 is 9.09 Å². The van der Waals surface area contributed by atoms with Gasteiger partial charge in [0.2, 0.25) is 15.9 Å². The fraction of sp³-hybridized carbons (Fsp3) is 0.471. The first-order valence-corrected chi connectivity index (χ1v) is 10.3. The van der Waals surface area contributed by atoms with Crippen molar-refractivity contribution in [1.29, 1.82) is 0 Å². The lowest BCUT2D eigenvalue weighted by Crippen LogP contribution is -2.41. The molecule has 3 aromatic rings. The Morgan fingerprint density at radius 2 is 2.15 bits per heavy atom. The Hall–Kier alpha value is -2.26. The van der Waals surface area contributed by atoms with E-state index in [2.05, 4.69) is 15.1 Å². The highest BCUT2D eigenvalue weighted by atomic mass is 32.2. The van der Waals surface area contributed by atoms with Gasteiger partial charge >= 0.3 is 0 Å². The summed E-state index contributed by atoms with van der Waals surface area (Å²) in [6, 6.07) is 7.71. The van der Waals surface area contributed by atoms with Gasteiger partial charge in [-0.2, -0.15) is 4.98 Å². The standard InChI is InChI=1S/C17H21N5O3S/c1-13-19-17(25-20-13)14-5-4-8-22(11-14)26(23,24)10-9-21-12-18-15-6-2-3-7-16(15)21/h2-3,6-7,12,14H,4-5,8-11H2,1H3/t14-/m0/s1. The van der Waals surface area contributed by atoms with Crippen molar-refractivity contribution in [2.45, 2.75) is 32.2 Å². The van der Waals surface area contributed by atoms with Crippen molar-refractivity contribution in [2.24, 2.45) is 0 Å². The second-order valence-electron chi connectivity index (χ2n) is 6.62. The number of nitrogens with zero attached hydrogens (tertiary/aromatic N) is 5. The SMILES string of the molecule is Cc1noc([C@H]2CCCN(S(=O)(=O)CCn3cnc4ccccc43)C2)n1. The number of benzene rings is 1. The molecular formula is C17H21N5O3S. The van der Waals surface area contributed by atoms with Gasteiger partial charge in [-0.1, -0.05) is 17.3 Å². The molecule has 0 spiro atoms. The molecule has 0 bridgehead atoms. The van der Waals surface area contributed by atoms with Gasteiger partial charge in [-0.3, -0.25) is 0 Å². The number of rotatable bonds is 5. The largest absolute Gasteiger partial charge is 0.339 e. The van der Waals surface area contributed by atoms with Crippen LogP contribution in [0.2, 0.25) is 0 Å². The van der Waals surface area contributed by atoms with Gasteiger partial charge in [-0.05, 0) is 31.9 Å². The van der Waals surface area contributed by atoms with Crippen LogP contribution in [0.5, 0.6) is 0 Å². The van der Waals surface area contributed by atoms with E-state index in [1.54, 1.807) is 17.6 Å². The van der Waals surface area contributed by atoms with E-state index in [1.807, 2.05) is 28.8 Å². The Morgan fingerprint density at radius 3 is 2.96 bits per heavy atom. The Bertz CT molecular complexity index is 1010. The molecule has 0 saturated carbocycles. The molecule has 9 heteroatoms. The van der Waals surface area contributed by atoms with Crippen LogP contribution >= 0.6 is 0 Å². The van der Waals surface area contributed by atoms with Crippen molar-refractivity contribution in [3.8, 4) is 0 Å². The maximum Gasteiger partial charge on any atom is 0.231 e. The highest BCUT2D eigenvalue weighted by Gasteiger charge is 2.32. The average Bonchev–Trinajstić information content (AvgIpc) is 3.26. The maximum atomic E-state index is 12.8. The zero-order valence-corrected chi connectivity index (χ0v) is 15.4. The minimum absolute atomic E-state index is 0.0335.